The smallest absolute Gasteiger partial charge is 0.0696 e. The highest BCUT2D eigenvalue weighted by Crippen LogP contribution is 2.35. The van der Waals surface area contributed by atoms with E-state index in [0.29, 0.717) is 5.92 Å². The molecule has 0 amide bonds. The summed E-state index contributed by atoms with van der Waals surface area (Å²) in [4.78, 5) is 2.49. The number of nitrogens with one attached hydrogen (secondary N) is 1. The maximum absolute atomic E-state index is 10.3. The molecule has 2 rings (SSSR count). The first-order valence-electron chi connectivity index (χ1n) is 7.81. The Morgan fingerprint density at radius 2 is 1.95 bits per heavy atom. The fourth-order valence-electron chi connectivity index (χ4n) is 3.38. The molecular weight excluding hydrogens is 248 g/mol. The van der Waals surface area contributed by atoms with Gasteiger partial charge in [-0.05, 0) is 30.9 Å². The Balaban J connectivity index is 2.35. The normalized spacial score (nSPS) is 20.6. The van der Waals surface area contributed by atoms with Crippen molar-refractivity contribution in [2.24, 2.45) is 5.92 Å². The van der Waals surface area contributed by atoms with E-state index in [1.807, 2.05) is 6.07 Å². The minimum Gasteiger partial charge on any atom is -0.394 e. The van der Waals surface area contributed by atoms with Gasteiger partial charge in [0.15, 0.2) is 0 Å². The van der Waals surface area contributed by atoms with E-state index in [4.69, 9.17) is 0 Å². The molecule has 1 fully saturated rings. The van der Waals surface area contributed by atoms with E-state index in [9.17, 15) is 5.11 Å². The highest BCUT2D eigenvalue weighted by molar-refractivity contribution is 5.25. The lowest BCUT2D eigenvalue weighted by molar-refractivity contribution is 0.0134. The molecule has 0 radical (unpaired) electrons. The fourth-order valence-corrected chi connectivity index (χ4v) is 3.38. The van der Waals surface area contributed by atoms with Crippen molar-refractivity contribution in [3.8, 4) is 0 Å². The van der Waals surface area contributed by atoms with Crippen molar-refractivity contribution in [1.82, 2.24) is 10.2 Å². The molecule has 0 saturated carbocycles. The first kappa shape index (κ1) is 15.5. The quantitative estimate of drug-likeness (QED) is 0.865. The van der Waals surface area contributed by atoms with Crippen LogP contribution in [0.3, 0.4) is 0 Å². The van der Waals surface area contributed by atoms with Gasteiger partial charge in [0.2, 0.25) is 0 Å². The number of aliphatic hydroxyl groups is 1. The average Bonchev–Trinajstić information content (AvgIpc) is 2.75. The monoisotopic (exact) mass is 276 g/mol. The van der Waals surface area contributed by atoms with Crippen LogP contribution in [0.4, 0.5) is 0 Å². The minimum atomic E-state index is -0.235. The van der Waals surface area contributed by atoms with Crippen LogP contribution in [-0.4, -0.2) is 42.8 Å². The SMILES string of the molecule is CC(C)CC(CO)(c1ccccc1)N1CCCNCC1. The van der Waals surface area contributed by atoms with E-state index in [2.05, 4.69) is 48.3 Å². The molecule has 1 aliphatic rings. The summed E-state index contributed by atoms with van der Waals surface area (Å²) in [6.45, 7) is 8.81. The predicted octanol–water partition coefficient (Wildman–Crippen LogP) is 2.22. The van der Waals surface area contributed by atoms with Crippen LogP contribution in [0, 0.1) is 5.92 Å². The third-order valence-electron chi connectivity index (χ3n) is 4.26. The topological polar surface area (TPSA) is 35.5 Å². The average molecular weight is 276 g/mol. The van der Waals surface area contributed by atoms with Crippen LogP contribution < -0.4 is 5.32 Å². The molecule has 2 N–H and O–H groups in total. The lowest BCUT2D eigenvalue weighted by Gasteiger charge is -2.44. The number of hydrogen-bond donors (Lipinski definition) is 2. The Morgan fingerprint density at radius 3 is 2.60 bits per heavy atom. The van der Waals surface area contributed by atoms with Gasteiger partial charge in [-0.1, -0.05) is 44.2 Å². The zero-order valence-electron chi connectivity index (χ0n) is 12.8. The molecule has 20 heavy (non-hydrogen) atoms. The molecule has 1 aliphatic heterocycles. The molecule has 1 aromatic carbocycles. The van der Waals surface area contributed by atoms with Crippen LogP contribution in [0.25, 0.3) is 0 Å². The molecule has 3 heteroatoms. The summed E-state index contributed by atoms with van der Waals surface area (Å²) in [5, 5.41) is 13.7. The molecule has 1 unspecified atom stereocenters. The Bertz CT molecular complexity index is 385. The largest absolute Gasteiger partial charge is 0.394 e. The van der Waals surface area contributed by atoms with Gasteiger partial charge in [-0.2, -0.15) is 0 Å². The van der Waals surface area contributed by atoms with Gasteiger partial charge in [0, 0.05) is 19.6 Å². The lowest BCUT2D eigenvalue weighted by Crippen LogP contribution is -2.51. The first-order chi connectivity index (χ1) is 9.69. The van der Waals surface area contributed by atoms with Crippen LogP contribution in [-0.2, 0) is 5.54 Å². The molecule has 3 nitrogen and oxygen atoms in total. The number of hydrogen-bond acceptors (Lipinski definition) is 3. The van der Waals surface area contributed by atoms with E-state index in [-0.39, 0.29) is 12.1 Å². The van der Waals surface area contributed by atoms with Crippen molar-refractivity contribution in [1.29, 1.82) is 0 Å². The van der Waals surface area contributed by atoms with Gasteiger partial charge in [-0.25, -0.2) is 0 Å². The van der Waals surface area contributed by atoms with Crippen LogP contribution in [0.15, 0.2) is 30.3 Å². The molecular formula is C17H28N2O. The minimum absolute atomic E-state index is 0.190. The van der Waals surface area contributed by atoms with Crippen molar-refractivity contribution >= 4 is 0 Å². The van der Waals surface area contributed by atoms with Crippen molar-refractivity contribution in [2.45, 2.75) is 32.2 Å². The van der Waals surface area contributed by atoms with Crippen molar-refractivity contribution in [3.63, 3.8) is 0 Å². The maximum Gasteiger partial charge on any atom is 0.0696 e. The van der Waals surface area contributed by atoms with Crippen molar-refractivity contribution in [3.05, 3.63) is 35.9 Å². The zero-order chi connectivity index (χ0) is 14.4. The van der Waals surface area contributed by atoms with E-state index in [0.717, 1.165) is 39.0 Å². The summed E-state index contributed by atoms with van der Waals surface area (Å²) >= 11 is 0. The Kier molecular flexibility index (Phi) is 5.58. The third kappa shape index (κ3) is 3.40. The van der Waals surface area contributed by atoms with Gasteiger partial charge >= 0.3 is 0 Å². The highest BCUT2D eigenvalue weighted by atomic mass is 16.3. The number of aliphatic hydroxyl groups excluding tert-OH is 1. The molecule has 1 aromatic rings. The Morgan fingerprint density at radius 1 is 1.20 bits per heavy atom. The van der Waals surface area contributed by atoms with Gasteiger partial charge in [0.1, 0.15) is 0 Å². The molecule has 1 heterocycles. The van der Waals surface area contributed by atoms with Gasteiger partial charge in [-0.15, -0.1) is 0 Å². The van der Waals surface area contributed by atoms with Crippen LogP contribution >= 0.6 is 0 Å². The van der Waals surface area contributed by atoms with E-state index in [1.54, 1.807) is 0 Å². The van der Waals surface area contributed by atoms with Crippen LogP contribution in [0.5, 0.6) is 0 Å². The molecule has 112 valence electrons. The fraction of sp³-hybridized carbons (Fsp3) is 0.647. The molecule has 0 aromatic heterocycles. The molecule has 1 atom stereocenters. The predicted molar refractivity (Wildman–Crippen MR) is 83.7 cm³/mol. The van der Waals surface area contributed by atoms with Gasteiger partial charge < -0.3 is 10.4 Å². The summed E-state index contributed by atoms with van der Waals surface area (Å²) in [5.74, 6) is 0.554. The molecule has 0 spiro atoms. The highest BCUT2D eigenvalue weighted by Gasteiger charge is 2.38. The number of rotatable bonds is 5. The second-order valence-electron chi connectivity index (χ2n) is 6.24. The van der Waals surface area contributed by atoms with Gasteiger partial charge in [0.05, 0.1) is 12.1 Å². The van der Waals surface area contributed by atoms with Gasteiger partial charge in [-0.3, -0.25) is 4.90 Å². The summed E-state index contributed by atoms with van der Waals surface area (Å²) in [6.07, 6.45) is 2.14. The van der Waals surface area contributed by atoms with Crippen molar-refractivity contribution in [2.75, 3.05) is 32.8 Å². The third-order valence-corrected chi connectivity index (χ3v) is 4.26. The summed E-state index contributed by atoms with van der Waals surface area (Å²) in [7, 11) is 0. The maximum atomic E-state index is 10.3. The second-order valence-corrected chi connectivity index (χ2v) is 6.24. The Labute approximate surface area is 123 Å². The molecule has 0 bridgehead atoms. The van der Waals surface area contributed by atoms with E-state index in [1.165, 1.54) is 5.56 Å². The summed E-state index contributed by atoms with van der Waals surface area (Å²) in [5.41, 5.74) is 1.01. The number of benzene rings is 1. The van der Waals surface area contributed by atoms with E-state index < -0.39 is 0 Å². The zero-order valence-corrected chi connectivity index (χ0v) is 12.8. The van der Waals surface area contributed by atoms with Gasteiger partial charge in [0.25, 0.3) is 0 Å². The van der Waals surface area contributed by atoms with Crippen LogP contribution in [0.1, 0.15) is 32.3 Å². The second kappa shape index (κ2) is 7.21. The Hall–Kier alpha value is -0.900. The van der Waals surface area contributed by atoms with Crippen molar-refractivity contribution < 1.29 is 5.11 Å². The van der Waals surface area contributed by atoms with E-state index >= 15 is 0 Å². The standard InChI is InChI=1S/C17H28N2O/c1-15(2)13-17(14-20,16-7-4-3-5-8-16)19-11-6-9-18-10-12-19/h3-5,7-8,15,18,20H,6,9-14H2,1-2H3. The lowest BCUT2D eigenvalue weighted by atomic mass is 9.81. The first-order valence-corrected chi connectivity index (χ1v) is 7.81. The molecule has 1 saturated heterocycles. The summed E-state index contributed by atoms with van der Waals surface area (Å²) in [6, 6.07) is 10.5. The van der Waals surface area contributed by atoms with Crippen LogP contribution in [0.2, 0.25) is 0 Å². The molecule has 0 aliphatic carbocycles. The summed E-state index contributed by atoms with van der Waals surface area (Å²) < 4.78 is 0. The number of nitrogens with zero attached hydrogens (tertiary/aromatic N) is 1.